The van der Waals surface area contributed by atoms with E-state index in [0.717, 1.165) is 10.0 Å². The first-order chi connectivity index (χ1) is 6.16. The van der Waals surface area contributed by atoms with Gasteiger partial charge in [-0.05, 0) is 36.6 Å². The van der Waals surface area contributed by atoms with E-state index in [1.807, 2.05) is 13.0 Å². The van der Waals surface area contributed by atoms with Crippen LogP contribution in [0.1, 0.15) is 17.5 Å². The Labute approximate surface area is 85.3 Å². The maximum Gasteiger partial charge on any atom is 0.126 e. The molecule has 0 fully saturated rings. The molecule has 0 saturated heterocycles. The van der Waals surface area contributed by atoms with Crippen LogP contribution >= 0.6 is 15.9 Å². The molecule has 0 heterocycles. The Hall–Kier alpha value is -0.880. The highest BCUT2D eigenvalue weighted by atomic mass is 79.9. The van der Waals surface area contributed by atoms with E-state index in [2.05, 4.69) is 15.9 Å². The Morgan fingerprint density at radius 2 is 2.23 bits per heavy atom. The summed E-state index contributed by atoms with van der Waals surface area (Å²) in [5.74, 6) is -0.226. The summed E-state index contributed by atoms with van der Waals surface area (Å²) in [6.07, 6.45) is 0.835. The molecule has 0 aliphatic carbocycles. The van der Waals surface area contributed by atoms with E-state index in [0.29, 0.717) is 18.4 Å². The number of nitriles is 1. The molecule has 0 radical (unpaired) electrons. The third kappa shape index (κ3) is 2.28. The van der Waals surface area contributed by atoms with E-state index < -0.39 is 0 Å². The lowest BCUT2D eigenvalue weighted by atomic mass is 10.0. The molecule has 0 aromatic heterocycles. The van der Waals surface area contributed by atoms with Gasteiger partial charge in [-0.2, -0.15) is 5.26 Å². The van der Waals surface area contributed by atoms with Gasteiger partial charge in [-0.3, -0.25) is 0 Å². The third-order valence-electron chi connectivity index (χ3n) is 1.96. The van der Waals surface area contributed by atoms with Gasteiger partial charge in [-0.1, -0.05) is 15.9 Å². The molecule has 0 atom stereocenters. The monoisotopic (exact) mass is 241 g/mol. The van der Waals surface area contributed by atoms with E-state index in [9.17, 15) is 4.39 Å². The van der Waals surface area contributed by atoms with E-state index in [4.69, 9.17) is 5.26 Å². The Kier molecular flexibility index (Phi) is 3.44. The van der Waals surface area contributed by atoms with Crippen LogP contribution in [0, 0.1) is 24.1 Å². The van der Waals surface area contributed by atoms with E-state index in [1.165, 1.54) is 6.07 Å². The topological polar surface area (TPSA) is 23.8 Å². The zero-order valence-electron chi connectivity index (χ0n) is 7.27. The zero-order valence-corrected chi connectivity index (χ0v) is 8.86. The molecule has 0 amide bonds. The molecule has 0 aliphatic rings. The van der Waals surface area contributed by atoms with Crippen LogP contribution in [0.5, 0.6) is 0 Å². The quantitative estimate of drug-likeness (QED) is 0.780. The van der Waals surface area contributed by atoms with Crippen LogP contribution in [0.2, 0.25) is 0 Å². The van der Waals surface area contributed by atoms with Gasteiger partial charge < -0.3 is 0 Å². The molecular weight excluding hydrogens is 233 g/mol. The lowest BCUT2D eigenvalue weighted by Crippen LogP contribution is -1.95. The molecule has 0 aliphatic heterocycles. The van der Waals surface area contributed by atoms with Crippen molar-refractivity contribution in [3.05, 3.63) is 33.5 Å². The molecule has 3 heteroatoms. The first kappa shape index (κ1) is 10.2. The highest BCUT2D eigenvalue weighted by molar-refractivity contribution is 9.10. The van der Waals surface area contributed by atoms with Gasteiger partial charge >= 0.3 is 0 Å². The predicted molar refractivity (Wildman–Crippen MR) is 52.8 cm³/mol. The number of hydrogen-bond donors (Lipinski definition) is 0. The third-order valence-corrected chi connectivity index (χ3v) is 2.82. The number of benzene rings is 1. The van der Waals surface area contributed by atoms with E-state index in [1.54, 1.807) is 6.07 Å². The molecule has 1 nitrogen and oxygen atoms in total. The van der Waals surface area contributed by atoms with Gasteiger partial charge in [0.05, 0.1) is 6.07 Å². The van der Waals surface area contributed by atoms with Gasteiger partial charge in [0.15, 0.2) is 0 Å². The number of halogens is 2. The molecule has 13 heavy (non-hydrogen) atoms. The Bertz CT molecular complexity index is 355. The molecule has 0 unspecified atom stereocenters. The Balaban J connectivity index is 3.04. The molecule has 1 rings (SSSR count). The van der Waals surface area contributed by atoms with Crippen molar-refractivity contribution in [1.29, 1.82) is 5.26 Å². The minimum absolute atomic E-state index is 0.226. The summed E-state index contributed by atoms with van der Waals surface area (Å²) in [5.41, 5.74) is 1.52. The summed E-state index contributed by atoms with van der Waals surface area (Å²) in [5, 5.41) is 8.39. The average Bonchev–Trinajstić information content (AvgIpc) is 2.12. The van der Waals surface area contributed by atoms with Crippen molar-refractivity contribution < 1.29 is 4.39 Å². The largest absolute Gasteiger partial charge is 0.207 e. The Morgan fingerprint density at radius 3 is 2.85 bits per heavy atom. The maximum absolute atomic E-state index is 13.2. The smallest absolute Gasteiger partial charge is 0.126 e. The fraction of sp³-hybridized carbons (Fsp3) is 0.300. The molecule has 1 aromatic carbocycles. The van der Waals surface area contributed by atoms with Crippen LogP contribution in [-0.2, 0) is 6.42 Å². The van der Waals surface area contributed by atoms with Crippen molar-refractivity contribution in [2.24, 2.45) is 0 Å². The first-order valence-electron chi connectivity index (χ1n) is 3.97. The second-order valence-electron chi connectivity index (χ2n) is 2.79. The van der Waals surface area contributed by atoms with Crippen LogP contribution in [0.4, 0.5) is 4.39 Å². The molecular formula is C10H9BrFN. The predicted octanol–water partition coefficient (Wildman–Crippen LogP) is 3.35. The van der Waals surface area contributed by atoms with E-state index in [-0.39, 0.29) is 5.82 Å². The van der Waals surface area contributed by atoms with Crippen molar-refractivity contribution in [3.63, 3.8) is 0 Å². The van der Waals surface area contributed by atoms with Gasteiger partial charge in [-0.15, -0.1) is 0 Å². The van der Waals surface area contributed by atoms with Crippen molar-refractivity contribution in [2.45, 2.75) is 19.8 Å². The SMILES string of the molecule is Cc1c(Br)ccc(F)c1CCC#N. The summed E-state index contributed by atoms with van der Waals surface area (Å²) >= 11 is 3.32. The van der Waals surface area contributed by atoms with Crippen LogP contribution in [-0.4, -0.2) is 0 Å². The number of rotatable bonds is 2. The minimum Gasteiger partial charge on any atom is -0.207 e. The lowest BCUT2D eigenvalue weighted by Gasteiger charge is -2.06. The van der Waals surface area contributed by atoms with Crippen LogP contribution < -0.4 is 0 Å². The van der Waals surface area contributed by atoms with Crippen LogP contribution in [0.15, 0.2) is 16.6 Å². The highest BCUT2D eigenvalue weighted by Gasteiger charge is 2.07. The molecule has 68 valence electrons. The van der Waals surface area contributed by atoms with Crippen molar-refractivity contribution >= 4 is 15.9 Å². The van der Waals surface area contributed by atoms with Crippen LogP contribution in [0.3, 0.4) is 0 Å². The standard InChI is InChI=1S/C10H9BrFN/c1-7-8(3-2-6-13)10(12)5-4-9(7)11/h4-5H,2-3H2,1H3. The van der Waals surface area contributed by atoms with Gasteiger partial charge in [0.1, 0.15) is 5.82 Å². The summed E-state index contributed by atoms with van der Waals surface area (Å²) in [7, 11) is 0. The maximum atomic E-state index is 13.2. The second-order valence-corrected chi connectivity index (χ2v) is 3.65. The van der Waals surface area contributed by atoms with Gasteiger partial charge in [-0.25, -0.2) is 4.39 Å². The summed E-state index contributed by atoms with van der Waals surface area (Å²) in [6, 6.07) is 5.11. The fourth-order valence-corrected chi connectivity index (χ4v) is 1.55. The van der Waals surface area contributed by atoms with Gasteiger partial charge in [0.2, 0.25) is 0 Å². The molecule has 0 bridgehead atoms. The summed E-state index contributed by atoms with van der Waals surface area (Å²) in [6.45, 7) is 1.85. The summed E-state index contributed by atoms with van der Waals surface area (Å²) in [4.78, 5) is 0. The average molecular weight is 242 g/mol. The first-order valence-corrected chi connectivity index (χ1v) is 4.76. The normalized spacial score (nSPS) is 9.69. The second kappa shape index (κ2) is 4.38. The Morgan fingerprint density at radius 1 is 1.54 bits per heavy atom. The van der Waals surface area contributed by atoms with Crippen LogP contribution in [0.25, 0.3) is 0 Å². The van der Waals surface area contributed by atoms with Gasteiger partial charge in [0, 0.05) is 10.9 Å². The lowest BCUT2D eigenvalue weighted by molar-refractivity contribution is 0.607. The molecule has 0 spiro atoms. The van der Waals surface area contributed by atoms with Gasteiger partial charge in [0.25, 0.3) is 0 Å². The van der Waals surface area contributed by atoms with Crippen molar-refractivity contribution in [2.75, 3.05) is 0 Å². The molecule has 0 N–H and O–H groups in total. The molecule has 0 saturated carbocycles. The number of hydrogen-bond acceptors (Lipinski definition) is 1. The number of nitrogens with zero attached hydrogens (tertiary/aromatic N) is 1. The molecule has 1 aromatic rings. The summed E-state index contributed by atoms with van der Waals surface area (Å²) < 4.78 is 14.1. The highest BCUT2D eigenvalue weighted by Crippen LogP contribution is 2.23. The fourth-order valence-electron chi connectivity index (χ4n) is 1.18. The zero-order chi connectivity index (χ0) is 9.84. The minimum atomic E-state index is -0.226. The van der Waals surface area contributed by atoms with Crippen molar-refractivity contribution in [3.8, 4) is 6.07 Å². The van der Waals surface area contributed by atoms with Crippen molar-refractivity contribution in [1.82, 2.24) is 0 Å². The van der Waals surface area contributed by atoms with E-state index >= 15 is 0 Å².